The molecule has 0 spiro atoms. The molecule has 5 nitrogen and oxygen atoms in total. The molecule has 0 bridgehead atoms. The minimum atomic E-state index is -0.175. The van der Waals surface area contributed by atoms with Gasteiger partial charge in [0.15, 0.2) is 0 Å². The van der Waals surface area contributed by atoms with Crippen molar-refractivity contribution >= 4 is 11.8 Å². The van der Waals surface area contributed by atoms with E-state index >= 15 is 0 Å². The second kappa shape index (κ2) is 11.0. The first-order chi connectivity index (χ1) is 12.2. The van der Waals surface area contributed by atoms with E-state index in [-0.39, 0.29) is 37.0 Å². The number of amides is 2. The van der Waals surface area contributed by atoms with Gasteiger partial charge in [0, 0.05) is 12.1 Å². The Balaban J connectivity index is 2.58. The third-order valence-corrected chi connectivity index (χ3v) is 4.52. The number of hydrogen-bond acceptors (Lipinski definition) is 3. The first kappa shape index (κ1) is 22.2. The lowest BCUT2D eigenvalue weighted by molar-refractivity contribution is -0.126. The summed E-state index contributed by atoms with van der Waals surface area (Å²) in [6.45, 7) is 12.7. The van der Waals surface area contributed by atoms with Crippen LogP contribution in [0.4, 0.5) is 0 Å². The summed E-state index contributed by atoms with van der Waals surface area (Å²) in [7, 11) is 0. The maximum atomic E-state index is 12.0. The van der Waals surface area contributed by atoms with Crippen molar-refractivity contribution in [3.05, 3.63) is 35.4 Å². The maximum absolute atomic E-state index is 12.0. The van der Waals surface area contributed by atoms with Crippen LogP contribution in [0.1, 0.15) is 71.0 Å². The van der Waals surface area contributed by atoms with E-state index in [9.17, 15) is 9.59 Å². The van der Waals surface area contributed by atoms with E-state index in [4.69, 9.17) is 0 Å². The van der Waals surface area contributed by atoms with E-state index in [2.05, 4.69) is 67.9 Å². The van der Waals surface area contributed by atoms with Gasteiger partial charge in [0.1, 0.15) is 0 Å². The summed E-state index contributed by atoms with van der Waals surface area (Å²) in [5.41, 5.74) is 2.52. The standard InChI is InChI=1S/C21H35N3O2/c1-7-16(6)17-8-10-18(11-9-17)21(14(2)3)23-12-19(25)22-13-20(26)24-15(4)5/h8-11,14-16,21,23H,7,12-13H2,1-6H3,(H,22,25)(H,24,26)/t16-,21+/m0/s1. The Morgan fingerprint density at radius 2 is 1.46 bits per heavy atom. The van der Waals surface area contributed by atoms with Gasteiger partial charge < -0.3 is 16.0 Å². The number of nitrogens with one attached hydrogen (secondary N) is 3. The summed E-state index contributed by atoms with van der Waals surface area (Å²) in [5.74, 6) is 0.555. The first-order valence-corrected chi connectivity index (χ1v) is 9.63. The lowest BCUT2D eigenvalue weighted by atomic mass is 9.92. The van der Waals surface area contributed by atoms with Crippen molar-refractivity contribution in [3.63, 3.8) is 0 Å². The number of carbonyl (C=O) groups is 2. The molecule has 1 rings (SSSR count). The van der Waals surface area contributed by atoms with E-state index < -0.39 is 0 Å². The average molecular weight is 362 g/mol. The Labute approximate surface area is 158 Å². The van der Waals surface area contributed by atoms with Crippen LogP contribution >= 0.6 is 0 Å². The highest BCUT2D eigenvalue weighted by molar-refractivity contribution is 5.85. The molecule has 0 saturated heterocycles. The molecule has 5 heteroatoms. The fraction of sp³-hybridized carbons (Fsp3) is 0.619. The lowest BCUT2D eigenvalue weighted by Crippen LogP contribution is -2.43. The molecule has 0 aliphatic rings. The molecule has 0 aromatic heterocycles. The Bertz CT molecular complexity index is 567. The van der Waals surface area contributed by atoms with Crippen LogP contribution in [0.15, 0.2) is 24.3 Å². The van der Waals surface area contributed by atoms with Crippen molar-refractivity contribution in [2.45, 2.75) is 66.0 Å². The average Bonchev–Trinajstić information content (AvgIpc) is 2.59. The lowest BCUT2D eigenvalue weighted by Gasteiger charge is -2.23. The van der Waals surface area contributed by atoms with Crippen LogP contribution in [-0.2, 0) is 9.59 Å². The van der Waals surface area contributed by atoms with Crippen molar-refractivity contribution in [2.75, 3.05) is 13.1 Å². The highest BCUT2D eigenvalue weighted by Gasteiger charge is 2.17. The predicted octanol–water partition coefficient (Wildman–Crippen LogP) is 3.13. The summed E-state index contributed by atoms with van der Waals surface area (Å²) >= 11 is 0. The molecule has 2 amide bonds. The summed E-state index contributed by atoms with van der Waals surface area (Å²) in [5, 5.41) is 8.72. The number of benzene rings is 1. The van der Waals surface area contributed by atoms with Gasteiger partial charge in [-0.3, -0.25) is 9.59 Å². The molecular formula is C21H35N3O2. The van der Waals surface area contributed by atoms with Gasteiger partial charge in [-0.15, -0.1) is 0 Å². The smallest absolute Gasteiger partial charge is 0.239 e. The largest absolute Gasteiger partial charge is 0.352 e. The van der Waals surface area contributed by atoms with Gasteiger partial charge >= 0.3 is 0 Å². The molecule has 2 atom stereocenters. The van der Waals surface area contributed by atoms with Gasteiger partial charge in [-0.05, 0) is 43.2 Å². The molecule has 3 N–H and O–H groups in total. The van der Waals surface area contributed by atoms with Crippen molar-refractivity contribution in [3.8, 4) is 0 Å². The molecule has 26 heavy (non-hydrogen) atoms. The van der Waals surface area contributed by atoms with Crippen molar-refractivity contribution in [1.29, 1.82) is 0 Å². The van der Waals surface area contributed by atoms with E-state index in [0.717, 1.165) is 6.42 Å². The van der Waals surface area contributed by atoms with Gasteiger partial charge in [-0.25, -0.2) is 0 Å². The second-order valence-electron chi connectivity index (χ2n) is 7.58. The fourth-order valence-electron chi connectivity index (χ4n) is 2.82. The van der Waals surface area contributed by atoms with Crippen LogP contribution in [-0.4, -0.2) is 30.9 Å². The Morgan fingerprint density at radius 3 is 1.96 bits per heavy atom. The van der Waals surface area contributed by atoms with Crippen LogP contribution in [0.5, 0.6) is 0 Å². The summed E-state index contributed by atoms with van der Waals surface area (Å²) in [4.78, 5) is 23.6. The molecule has 1 aromatic rings. The van der Waals surface area contributed by atoms with E-state index in [1.807, 2.05) is 13.8 Å². The third-order valence-electron chi connectivity index (χ3n) is 4.52. The number of carbonyl (C=O) groups excluding carboxylic acids is 2. The van der Waals surface area contributed by atoms with Gasteiger partial charge in [0.05, 0.1) is 13.1 Å². The van der Waals surface area contributed by atoms with Crippen molar-refractivity contribution in [2.24, 2.45) is 5.92 Å². The Hall–Kier alpha value is -1.88. The topological polar surface area (TPSA) is 70.2 Å². The van der Waals surface area contributed by atoms with Gasteiger partial charge in [0.2, 0.25) is 11.8 Å². The zero-order valence-corrected chi connectivity index (χ0v) is 17.1. The minimum absolute atomic E-state index is 0.00857. The molecule has 0 aliphatic heterocycles. The fourth-order valence-corrected chi connectivity index (χ4v) is 2.82. The molecule has 0 radical (unpaired) electrons. The van der Waals surface area contributed by atoms with Gasteiger partial charge in [0.25, 0.3) is 0 Å². The van der Waals surface area contributed by atoms with Crippen molar-refractivity contribution < 1.29 is 9.59 Å². The highest BCUT2D eigenvalue weighted by atomic mass is 16.2. The summed E-state index contributed by atoms with van der Waals surface area (Å²) in [6, 6.07) is 8.81. The second-order valence-corrected chi connectivity index (χ2v) is 7.58. The predicted molar refractivity (Wildman–Crippen MR) is 107 cm³/mol. The maximum Gasteiger partial charge on any atom is 0.239 e. The number of hydrogen-bond donors (Lipinski definition) is 3. The van der Waals surface area contributed by atoms with E-state index in [1.165, 1.54) is 11.1 Å². The Morgan fingerprint density at radius 1 is 0.885 bits per heavy atom. The normalized spacial score (nSPS) is 13.5. The van der Waals surface area contributed by atoms with Crippen LogP contribution < -0.4 is 16.0 Å². The highest BCUT2D eigenvalue weighted by Crippen LogP contribution is 2.25. The SMILES string of the molecule is CC[C@H](C)c1ccc([C@H](NCC(=O)NCC(=O)NC(C)C)C(C)C)cc1. The Kier molecular flexibility index (Phi) is 9.35. The molecule has 146 valence electrons. The van der Waals surface area contributed by atoms with Crippen LogP contribution in [0.2, 0.25) is 0 Å². The molecule has 0 heterocycles. The van der Waals surface area contributed by atoms with Gasteiger partial charge in [-0.2, -0.15) is 0 Å². The molecular weight excluding hydrogens is 326 g/mol. The number of rotatable bonds is 10. The molecule has 0 saturated carbocycles. The van der Waals surface area contributed by atoms with E-state index in [1.54, 1.807) is 0 Å². The molecule has 0 aliphatic carbocycles. The first-order valence-electron chi connectivity index (χ1n) is 9.63. The van der Waals surface area contributed by atoms with Crippen molar-refractivity contribution in [1.82, 2.24) is 16.0 Å². The monoisotopic (exact) mass is 361 g/mol. The molecule has 0 unspecified atom stereocenters. The third kappa shape index (κ3) is 7.56. The molecule has 0 fully saturated rings. The minimum Gasteiger partial charge on any atom is -0.352 e. The van der Waals surface area contributed by atoms with Gasteiger partial charge in [-0.1, -0.05) is 52.0 Å². The van der Waals surface area contributed by atoms with Crippen LogP contribution in [0.25, 0.3) is 0 Å². The summed E-state index contributed by atoms with van der Waals surface area (Å²) < 4.78 is 0. The quantitative estimate of drug-likeness (QED) is 0.600. The van der Waals surface area contributed by atoms with Crippen LogP contribution in [0.3, 0.4) is 0 Å². The summed E-state index contributed by atoms with van der Waals surface area (Å²) in [6.07, 6.45) is 1.12. The van der Waals surface area contributed by atoms with E-state index in [0.29, 0.717) is 11.8 Å². The zero-order chi connectivity index (χ0) is 19.7. The molecule has 1 aromatic carbocycles. The van der Waals surface area contributed by atoms with Crippen LogP contribution in [0, 0.1) is 5.92 Å². The zero-order valence-electron chi connectivity index (χ0n) is 17.1.